The molecular weight excluding hydrogens is 244 g/mol. The van der Waals surface area contributed by atoms with Crippen molar-refractivity contribution in [2.75, 3.05) is 0 Å². The van der Waals surface area contributed by atoms with Gasteiger partial charge in [-0.3, -0.25) is 9.59 Å². The third-order valence-electron chi connectivity index (χ3n) is 2.87. The van der Waals surface area contributed by atoms with Gasteiger partial charge in [0, 0.05) is 0 Å². The summed E-state index contributed by atoms with van der Waals surface area (Å²) < 4.78 is 10.5. The Morgan fingerprint density at radius 3 is 1.58 bits per heavy atom. The van der Waals surface area contributed by atoms with Gasteiger partial charge in [-0.2, -0.15) is 0 Å². The molecule has 0 atom stereocenters. The van der Waals surface area contributed by atoms with Crippen molar-refractivity contribution >= 4 is 11.9 Å². The Hall–Kier alpha value is -1.32. The molecule has 0 aromatic carbocycles. The minimum atomic E-state index is -1.31. The largest absolute Gasteiger partial charge is 0.462 e. The molecule has 0 saturated heterocycles. The SMILES string of the molecule is C=CCC(C(=O)OC(C)C)(C(=O)OC(C)C)C(C)C. The molecule has 0 aromatic rings. The number of rotatable bonds is 7. The second-order valence-corrected chi connectivity index (χ2v) is 5.53. The normalized spacial score (nSPS) is 11.8. The van der Waals surface area contributed by atoms with E-state index in [1.165, 1.54) is 0 Å². The highest BCUT2D eigenvalue weighted by Crippen LogP contribution is 2.36. The number of ether oxygens (including phenoxy) is 2. The molecule has 0 unspecified atom stereocenters. The summed E-state index contributed by atoms with van der Waals surface area (Å²) in [6, 6.07) is 0. The second kappa shape index (κ2) is 7.31. The highest BCUT2D eigenvalue weighted by Gasteiger charge is 2.51. The number of carbonyl (C=O) groups excluding carboxylic acids is 2. The van der Waals surface area contributed by atoms with Crippen LogP contribution in [0.25, 0.3) is 0 Å². The first kappa shape index (κ1) is 17.7. The molecule has 19 heavy (non-hydrogen) atoms. The van der Waals surface area contributed by atoms with Crippen LogP contribution in [0.5, 0.6) is 0 Å². The van der Waals surface area contributed by atoms with Gasteiger partial charge in [0.2, 0.25) is 0 Å². The predicted octanol–water partition coefficient (Wildman–Crippen LogP) is 3.11. The standard InChI is InChI=1S/C15H26O4/c1-8-9-15(10(2)3,13(16)18-11(4)5)14(17)19-12(6)7/h8,10-12H,1,9H2,2-7H3. The minimum absolute atomic E-state index is 0.210. The van der Waals surface area contributed by atoms with E-state index in [2.05, 4.69) is 6.58 Å². The molecule has 0 aliphatic rings. The van der Waals surface area contributed by atoms with Crippen LogP contribution in [0.3, 0.4) is 0 Å². The maximum atomic E-state index is 12.4. The van der Waals surface area contributed by atoms with Gasteiger partial charge in [-0.25, -0.2) is 0 Å². The van der Waals surface area contributed by atoms with Gasteiger partial charge in [-0.05, 0) is 40.0 Å². The molecule has 0 radical (unpaired) electrons. The lowest BCUT2D eigenvalue weighted by Gasteiger charge is -2.33. The Kier molecular flexibility index (Phi) is 6.81. The molecule has 110 valence electrons. The maximum absolute atomic E-state index is 12.4. The van der Waals surface area contributed by atoms with Crippen molar-refractivity contribution in [2.24, 2.45) is 11.3 Å². The van der Waals surface area contributed by atoms with Crippen LogP contribution >= 0.6 is 0 Å². The molecule has 0 aromatic heterocycles. The Morgan fingerprint density at radius 2 is 1.37 bits per heavy atom. The van der Waals surface area contributed by atoms with Crippen molar-refractivity contribution in [3.8, 4) is 0 Å². The van der Waals surface area contributed by atoms with E-state index in [4.69, 9.17) is 9.47 Å². The summed E-state index contributed by atoms with van der Waals surface area (Å²) >= 11 is 0. The fourth-order valence-corrected chi connectivity index (χ4v) is 1.82. The maximum Gasteiger partial charge on any atom is 0.324 e. The first-order chi connectivity index (χ1) is 8.68. The summed E-state index contributed by atoms with van der Waals surface area (Å²) in [4.78, 5) is 24.7. The van der Waals surface area contributed by atoms with E-state index in [1.807, 2.05) is 13.8 Å². The van der Waals surface area contributed by atoms with Crippen LogP contribution < -0.4 is 0 Å². The monoisotopic (exact) mass is 270 g/mol. The summed E-state index contributed by atoms with van der Waals surface area (Å²) in [5, 5.41) is 0. The molecule has 4 nitrogen and oxygen atoms in total. The summed E-state index contributed by atoms with van der Waals surface area (Å²) in [7, 11) is 0. The molecule has 0 fully saturated rings. The van der Waals surface area contributed by atoms with Gasteiger partial charge in [0.05, 0.1) is 12.2 Å². The molecule has 0 spiro atoms. The van der Waals surface area contributed by atoms with Crippen molar-refractivity contribution in [3.05, 3.63) is 12.7 Å². The summed E-state index contributed by atoms with van der Waals surface area (Å²) in [5.41, 5.74) is -1.31. The lowest BCUT2D eigenvalue weighted by molar-refractivity contribution is -0.180. The average molecular weight is 270 g/mol. The highest BCUT2D eigenvalue weighted by atomic mass is 16.6. The lowest BCUT2D eigenvalue weighted by Crippen LogP contribution is -2.47. The average Bonchev–Trinajstić information content (AvgIpc) is 2.22. The number of esters is 2. The van der Waals surface area contributed by atoms with E-state index < -0.39 is 17.4 Å². The van der Waals surface area contributed by atoms with E-state index in [9.17, 15) is 9.59 Å². The fraction of sp³-hybridized carbons (Fsp3) is 0.733. The second-order valence-electron chi connectivity index (χ2n) is 5.53. The van der Waals surface area contributed by atoms with Gasteiger partial charge in [-0.15, -0.1) is 6.58 Å². The van der Waals surface area contributed by atoms with Crippen LogP contribution in [0, 0.1) is 11.3 Å². The molecule has 0 rings (SSSR count). The van der Waals surface area contributed by atoms with Crippen LogP contribution in [-0.2, 0) is 19.1 Å². The summed E-state index contributed by atoms with van der Waals surface area (Å²) in [6.45, 7) is 14.3. The fourth-order valence-electron chi connectivity index (χ4n) is 1.82. The van der Waals surface area contributed by atoms with Gasteiger partial charge in [0.25, 0.3) is 0 Å². The Labute approximate surface area is 116 Å². The predicted molar refractivity (Wildman–Crippen MR) is 74.5 cm³/mol. The van der Waals surface area contributed by atoms with Crippen molar-refractivity contribution in [3.63, 3.8) is 0 Å². The van der Waals surface area contributed by atoms with Gasteiger partial charge < -0.3 is 9.47 Å². The zero-order chi connectivity index (χ0) is 15.2. The zero-order valence-corrected chi connectivity index (χ0v) is 12.9. The van der Waals surface area contributed by atoms with Gasteiger partial charge in [0.1, 0.15) is 0 Å². The highest BCUT2D eigenvalue weighted by molar-refractivity contribution is 6.00. The van der Waals surface area contributed by atoms with Crippen molar-refractivity contribution in [2.45, 2.75) is 60.2 Å². The smallest absolute Gasteiger partial charge is 0.324 e. The van der Waals surface area contributed by atoms with Crippen molar-refractivity contribution in [1.29, 1.82) is 0 Å². The molecule has 0 N–H and O–H groups in total. The van der Waals surface area contributed by atoms with E-state index in [0.717, 1.165) is 0 Å². The van der Waals surface area contributed by atoms with E-state index >= 15 is 0 Å². The molecule has 0 aliphatic carbocycles. The van der Waals surface area contributed by atoms with Gasteiger partial charge >= 0.3 is 11.9 Å². The van der Waals surface area contributed by atoms with Gasteiger partial charge in [-0.1, -0.05) is 19.9 Å². The molecule has 0 aliphatic heterocycles. The van der Waals surface area contributed by atoms with Crippen LogP contribution in [0.4, 0.5) is 0 Å². The number of carbonyl (C=O) groups is 2. The van der Waals surface area contributed by atoms with Crippen LogP contribution in [-0.4, -0.2) is 24.1 Å². The molecule has 0 amide bonds. The Morgan fingerprint density at radius 1 is 1.00 bits per heavy atom. The Bertz CT molecular complexity index is 307. The molecule has 0 saturated carbocycles. The lowest BCUT2D eigenvalue weighted by atomic mass is 9.74. The summed E-state index contributed by atoms with van der Waals surface area (Å²) in [5.74, 6) is -1.31. The zero-order valence-electron chi connectivity index (χ0n) is 12.9. The third kappa shape index (κ3) is 4.37. The first-order valence-corrected chi connectivity index (χ1v) is 6.71. The van der Waals surface area contributed by atoms with Crippen molar-refractivity contribution < 1.29 is 19.1 Å². The molecule has 0 heterocycles. The van der Waals surface area contributed by atoms with E-state index in [0.29, 0.717) is 0 Å². The van der Waals surface area contributed by atoms with Gasteiger partial charge in [0.15, 0.2) is 5.41 Å². The molecule has 0 bridgehead atoms. The van der Waals surface area contributed by atoms with E-state index in [-0.39, 0.29) is 24.5 Å². The van der Waals surface area contributed by atoms with Crippen LogP contribution in [0.2, 0.25) is 0 Å². The van der Waals surface area contributed by atoms with Crippen molar-refractivity contribution in [1.82, 2.24) is 0 Å². The van der Waals surface area contributed by atoms with Crippen LogP contribution in [0.15, 0.2) is 12.7 Å². The third-order valence-corrected chi connectivity index (χ3v) is 2.87. The summed E-state index contributed by atoms with van der Waals surface area (Å²) in [6.07, 6.45) is 1.22. The quantitative estimate of drug-likeness (QED) is 0.405. The van der Waals surface area contributed by atoms with Crippen LogP contribution in [0.1, 0.15) is 48.0 Å². The number of hydrogen-bond donors (Lipinski definition) is 0. The topological polar surface area (TPSA) is 52.6 Å². The minimum Gasteiger partial charge on any atom is -0.462 e. The number of hydrogen-bond acceptors (Lipinski definition) is 4. The van der Waals surface area contributed by atoms with E-state index in [1.54, 1.807) is 33.8 Å². The molecule has 4 heteroatoms. The molecular formula is C15H26O4. The Balaban J connectivity index is 5.47. The first-order valence-electron chi connectivity index (χ1n) is 6.71. The number of allylic oxidation sites excluding steroid dienone is 1.